The molecule has 1 saturated heterocycles. The Morgan fingerprint density at radius 2 is 1.81 bits per heavy atom. The molecule has 2 aliphatic rings. The number of likely N-dealkylation sites (tertiary alicyclic amines) is 1. The van der Waals surface area contributed by atoms with Gasteiger partial charge < -0.3 is 20.1 Å². The van der Waals surface area contributed by atoms with Gasteiger partial charge in [0, 0.05) is 43.0 Å². The average Bonchev–Trinajstić information content (AvgIpc) is 3.16. The number of carbonyl (C=O) groups is 2. The number of rotatable bonds is 9. The summed E-state index contributed by atoms with van der Waals surface area (Å²) in [5.41, 5.74) is 8.94. The number of nitrogens with zero attached hydrogens (tertiary/aromatic N) is 2. The molecule has 3 aromatic carbocycles. The minimum atomic E-state index is -1.31. The van der Waals surface area contributed by atoms with Gasteiger partial charge in [-0.15, -0.1) is 0 Å². The maximum Gasteiger partial charge on any atom is 0.240 e. The molecule has 0 bridgehead atoms. The summed E-state index contributed by atoms with van der Waals surface area (Å²) in [6.45, 7) is 8.39. The number of carbonyl (C=O) groups excluding carboxylic acids is 2. The second-order valence-electron chi connectivity index (χ2n) is 12.3. The maximum absolute atomic E-state index is 14.7. The van der Waals surface area contributed by atoms with E-state index in [4.69, 9.17) is 26.8 Å². The van der Waals surface area contributed by atoms with Crippen LogP contribution in [0.25, 0.3) is 0 Å². The van der Waals surface area contributed by atoms with Gasteiger partial charge in [0.2, 0.25) is 11.8 Å². The van der Waals surface area contributed by atoms with E-state index in [2.05, 4.69) is 35.6 Å². The number of halogens is 2. The summed E-state index contributed by atoms with van der Waals surface area (Å²) in [6, 6.07) is 19.7. The van der Waals surface area contributed by atoms with Crippen molar-refractivity contribution in [1.82, 2.24) is 4.90 Å². The van der Waals surface area contributed by atoms with Gasteiger partial charge in [-0.1, -0.05) is 65.4 Å². The molecule has 0 aromatic heterocycles. The molecule has 0 saturated carbocycles. The highest BCUT2D eigenvalue weighted by Gasteiger charge is 2.61. The lowest BCUT2D eigenvalue weighted by atomic mass is 9.63. The van der Waals surface area contributed by atoms with Gasteiger partial charge in [-0.2, -0.15) is 0 Å². The Hall–Kier alpha value is -2.85. The van der Waals surface area contributed by atoms with E-state index in [0.29, 0.717) is 42.4 Å². The molecule has 3 aromatic rings. The normalized spacial score (nSPS) is 20.4. The zero-order valence-electron chi connectivity index (χ0n) is 24.5. The first-order chi connectivity index (χ1) is 19.9. The largest absolute Gasteiger partial charge is 0.497 e. The van der Waals surface area contributed by atoms with Crippen molar-refractivity contribution in [2.24, 2.45) is 0 Å². The van der Waals surface area contributed by atoms with E-state index >= 15 is 0 Å². The third kappa shape index (κ3) is 5.84. The number of hydrogen-bond acceptors (Lipinski definition) is 5. The summed E-state index contributed by atoms with van der Waals surface area (Å²) in [6.07, 6.45) is 0.423. The van der Waals surface area contributed by atoms with Crippen LogP contribution in [-0.2, 0) is 26.3 Å². The van der Waals surface area contributed by atoms with Crippen LogP contribution in [0, 0.1) is 0 Å². The summed E-state index contributed by atoms with van der Waals surface area (Å²) < 4.78 is 12.2. The highest BCUT2D eigenvalue weighted by molar-refractivity contribution is 9.10. The number of methoxy groups -OCH3 is 1. The van der Waals surface area contributed by atoms with Gasteiger partial charge in [0.25, 0.3) is 0 Å². The average molecular weight is 671 g/mol. The van der Waals surface area contributed by atoms with E-state index in [1.54, 1.807) is 24.1 Å². The first-order valence-corrected chi connectivity index (χ1v) is 19.0. The molecular weight excluding hydrogens is 634 g/mol. The second kappa shape index (κ2) is 12.0. The molecule has 0 radical (unpaired) electrons. The van der Waals surface area contributed by atoms with E-state index in [9.17, 15) is 9.59 Å². The number of nitrogens with two attached hydrogens (primary N) is 1. The van der Waals surface area contributed by atoms with Crippen LogP contribution < -0.4 is 15.4 Å². The monoisotopic (exact) mass is 669 g/mol. The number of nitrogen functional groups attached to an aromatic ring is 1. The van der Waals surface area contributed by atoms with E-state index in [1.165, 1.54) is 0 Å². The van der Waals surface area contributed by atoms with Gasteiger partial charge in [0.1, 0.15) is 12.5 Å². The Balaban J connectivity index is 1.56. The van der Waals surface area contributed by atoms with Crippen molar-refractivity contribution in [3.8, 4) is 5.75 Å². The van der Waals surface area contributed by atoms with Crippen LogP contribution in [0.3, 0.4) is 0 Å². The Morgan fingerprint density at radius 1 is 1.07 bits per heavy atom. The summed E-state index contributed by atoms with van der Waals surface area (Å²) in [5.74, 6) is -0.390. The molecule has 2 heterocycles. The van der Waals surface area contributed by atoms with Crippen molar-refractivity contribution in [2.75, 3.05) is 37.6 Å². The van der Waals surface area contributed by atoms with Gasteiger partial charge in [0.15, 0.2) is 0 Å². The number of piperidine rings is 1. The lowest BCUT2D eigenvalue weighted by molar-refractivity contribution is -0.144. The molecular formula is C32H37BrClN3O4Si. The van der Waals surface area contributed by atoms with Crippen molar-refractivity contribution in [3.63, 3.8) is 0 Å². The molecule has 222 valence electrons. The predicted molar refractivity (Wildman–Crippen MR) is 174 cm³/mol. The Labute approximate surface area is 262 Å². The van der Waals surface area contributed by atoms with Gasteiger partial charge in [-0.3, -0.25) is 14.5 Å². The third-order valence-corrected chi connectivity index (χ3v) is 10.7. The van der Waals surface area contributed by atoms with Crippen LogP contribution in [0.15, 0.2) is 65.1 Å². The van der Waals surface area contributed by atoms with Crippen molar-refractivity contribution in [2.45, 2.75) is 50.0 Å². The number of fused-ring (bicyclic) bond motifs is 2. The summed E-state index contributed by atoms with van der Waals surface area (Å²) in [5, 5.41) is 0.512. The van der Waals surface area contributed by atoms with E-state index in [-0.39, 0.29) is 18.5 Å². The summed E-state index contributed by atoms with van der Waals surface area (Å²) >= 11 is 10.0. The predicted octanol–water partition coefficient (Wildman–Crippen LogP) is 6.81. The molecule has 0 aliphatic carbocycles. The molecule has 2 aliphatic heterocycles. The fourth-order valence-corrected chi connectivity index (χ4v) is 7.33. The van der Waals surface area contributed by atoms with E-state index in [0.717, 1.165) is 33.1 Å². The summed E-state index contributed by atoms with van der Waals surface area (Å²) in [4.78, 5) is 32.7. The number of benzene rings is 3. The zero-order chi connectivity index (χ0) is 30.2. The lowest BCUT2D eigenvalue weighted by Crippen LogP contribution is -2.56. The smallest absolute Gasteiger partial charge is 0.240 e. The quantitative estimate of drug-likeness (QED) is 0.154. The fraction of sp³-hybridized carbons (Fsp3) is 0.375. The minimum absolute atomic E-state index is 0.117. The number of amides is 2. The van der Waals surface area contributed by atoms with Gasteiger partial charge in [-0.05, 0) is 71.6 Å². The van der Waals surface area contributed by atoms with Crippen molar-refractivity contribution < 1.29 is 19.1 Å². The standard InChI is InChI=1S/C32H37BrClN3O4Si/c1-40-24-9-5-21(6-10-24)19-36-14-13-32(29(30(36)38)25-11-7-22(33)17-27(25)35)26-18-23(34)8-12-28(26)37(31(32)39)20-41-15-16-42(2,3)4/h5-12,17-18,29H,13-16,19-20,35H2,1-4H3/t29-,32-/m1/s1. The van der Waals surface area contributed by atoms with E-state index < -0.39 is 19.4 Å². The first-order valence-electron chi connectivity index (χ1n) is 14.1. The Morgan fingerprint density at radius 3 is 2.48 bits per heavy atom. The van der Waals surface area contributed by atoms with Gasteiger partial charge >= 0.3 is 0 Å². The minimum Gasteiger partial charge on any atom is -0.497 e. The van der Waals surface area contributed by atoms with Crippen molar-refractivity contribution >= 4 is 58.8 Å². The van der Waals surface area contributed by atoms with Crippen LogP contribution in [0.5, 0.6) is 5.75 Å². The molecule has 1 fully saturated rings. The molecule has 1 spiro atoms. The Bertz CT molecular complexity index is 1500. The molecule has 7 nitrogen and oxygen atoms in total. The molecule has 2 amide bonds. The Kier molecular flexibility index (Phi) is 8.77. The number of anilines is 2. The molecule has 2 atom stereocenters. The van der Waals surface area contributed by atoms with Gasteiger partial charge in [0.05, 0.1) is 24.1 Å². The van der Waals surface area contributed by atoms with Crippen LogP contribution in [0.1, 0.15) is 29.0 Å². The molecule has 0 unspecified atom stereocenters. The highest BCUT2D eigenvalue weighted by Crippen LogP contribution is 2.56. The molecule has 42 heavy (non-hydrogen) atoms. The van der Waals surface area contributed by atoms with Crippen LogP contribution in [0.4, 0.5) is 11.4 Å². The third-order valence-electron chi connectivity index (χ3n) is 8.29. The van der Waals surface area contributed by atoms with Crippen LogP contribution in [0.2, 0.25) is 30.7 Å². The fourth-order valence-electron chi connectivity index (χ4n) is 6.02. The summed E-state index contributed by atoms with van der Waals surface area (Å²) in [7, 11) is 0.314. The molecule has 2 N–H and O–H groups in total. The SMILES string of the molecule is COc1ccc(CN2CC[C@]3(C(=O)N(COCC[Si](C)(C)C)c4ccc(Cl)cc43)[C@H](c3ccc(Br)cc3N)C2=O)cc1. The number of hydrogen-bond donors (Lipinski definition) is 1. The second-order valence-corrected chi connectivity index (χ2v) is 19.3. The molecule has 5 rings (SSSR count). The van der Waals surface area contributed by atoms with Gasteiger partial charge in [-0.25, -0.2) is 0 Å². The zero-order valence-corrected chi connectivity index (χ0v) is 27.8. The molecule has 10 heteroatoms. The van der Waals surface area contributed by atoms with Crippen LogP contribution >= 0.6 is 27.5 Å². The van der Waals surface area contributed by atoms with Crippen molar-refractivity contribution in [3.05, 3.63) is 86.8 Å². The topological polar surface area (TPSA) is 85.1 Å². The lowest BCUT2D eigenvalue weighted by Gasteiger charge is -2.44. The van der Waals surface area contributed by atoms with Crippen molar-refractivity contribution in [1.29, 1.82) is 0 Å². The van der Waals surface area contributed by atoms with E-state index in [1.807, 2.05) is 53.4 Å². The highest BCUT2D eigenvalue weighted by atomic mass is 79.9. The maximum atomic E-state index is 14.7. The van der Waals surface area contributed by atoms with Crippen LogP contribution in [-0.4, -0.2) is 51.8 Å². The first kappa shape index (κ1) is 30.6. The number of ether oxygens (including phenoxy) is 2.